The number of anilines is 2. The Morgan fingerprint density at radius 1 is 0.759 bits per heavy atom. The number of hydrogen-bond acceptors (Lipinski definition) is 1. The Bertz CT molecular complexity index is 1040. The van der Waals surface area contributed by atoms with Crippen LogP contribution < -0.4 is 4.90 Å². The molecule has 0 unspecified atom stereocenters. The maximum absolute atomic E-state index is 2.52. The highest BCUT2D eigenvalue weighted by atomic mass is 15.2. The van der Waals surface area contributed by atoms with Crippen molar-refractivity contribution in [2.45, 2.75) is 65.3 Å². The molecule has 0 fully saturated rings. The molecule has 0 aromatic heterocycles. The van der Waals surface area contributed by atoms with E-state index >= 15 is 0 Å². The molecule has 0 saturated carbocycles. The van der Waals surface area contributed by atoms with Gasteiger partial charge in [0.05, 0.1) is 0 Å². The summed E-state index contributed by atoms with van der Waals surface area (Å²) in [6.07, 6.45) is 0. The zero-order valence-electron chi connectivity index (χ0n) is 18.9. The van der Waals surface area contributed by atoms with Crippen LogP contribution in [0.5, 0.6) is 0 Å². The van der Waals surface area contributed by atoms with Crippen molar-refractivity contribution in [3.8, 4) is 11.1 Å². The van der Waals surface area contributed by atoms with E-state index in [9.17, 15) is 0 Å². The number of nitrogens with zero attached hydrogens (tertiary/aromatic N) is 1. The maximum Gasteiger partial charge on any atom is 0.0454 e. The second-order valence-electron chi connectivity index (χ2n) is 10.1. The Balaban J connectivity index is 2.04. The van der Waals surface area contributed by atoms with E-state index in [4.69, 9.17) is 0 Å². The van der Waals surface area contributed by atoms with Crippen LogP contribution in [0.2, 0.25) is 0 Å². The van der Waals surface area contributed by atoms with Crippen molar-refractivity contribution >= 4 is 11.4 Å². The van der Waals surface area contributed by atoms with Gasteiger partial charge >= 0.3 is 0 Å². The summed E-state index contributed by atoms with van der Waals surface area (Å²) in [6, 6.07) is 24.4. The molecule has 4 rings (SSSR count). The molecule has 0 radical (unpaired) electrons. The third kappa shape index (κ3) is 3.08. The summed E-state index contributed by atoms with van der Waals surface area (Å²) in [7, 11) is 0. The molecule has 0 N–H and O–H groups in total. The highest BCUT2D eigenvalue weighted by Crippen LogP contribution is 2.54. The van der Waals surface area contributed by atoms with Crippen molar-refractivity contribution in [3.63, 3.8) is 0 Å². The first-order chi connectivity index (χ1) is 13.6. The van der Waals surface area contributed by atoms with Gasteiger partial charge in [0.2, 0.25) is 0 Å². The standard InChI is InChI=1S/C28H33N/c1-19(2)25-24(29(27(3,4)5)20-13-9-8-10-14-20)18-17-22-21-15-11-12-16-23(21)28(6,7)26(22)25/h8-19H,1-7H3. The normalized spacial score (nSPS) is 14.6. The van der Waals surface area contributed by atoms with E-state index in [0.717, 1.165) is 0 Å². The number of para-hydroxylation sites is 1. The third-order valence-corrected chi connectivity index (χ3v) is 6.24. The van der Waals surface area contributed by atoms with Crippen LogP contribution >= 0.6 is 0 Å². The topological polar surface area (TPSA) is 3.24 Å². The molecular formula is C28H33N. The van der Waals surface area contributed by atoms with Crippen LogP contribution in [0.15, 0.2) is 66.7 Å². The lowest BCUT2D eigenvalue weighted by Crippen LogP contribution is -2.38. The summed E-state index contributed by atoms with van der Waals surface area (Å²) in [5.41, 5.74) is 9.75. The van der Waals surface area contributed by atoms with Gasteiger partial charge in [0.15, 0.2) is 0 Å². The highest BCUT2D eigenvalue weighted by molar-refractivity contribution is 5.86. The summed E-state index contributed by atoms with van der Waals surface area (Å²) >= 11 is 0. The van der Waals surface area contributed by atoms with Crippen LogP contribution in [0, 0.1) is 0 Å². The zero-order valence-corrected chi connectivity index (χ0v) is 18.9. The minimum atomic E-state index is -0.0329. The summed E-state index contributed by atoms with van der Waals surface area (Å²) in [4.78, 5) is 2.52. The number of fused-ring (bicyclic) bond motifs is 3. The lowest BCUT2D eigenvalue weighted by Gasteiger charge is -2.41. The molecule has 0 saturated heterocycles. The van der Waals surface area contributed by atoms with Gasteiger partial charge in [-0.25, -0.2) is 0 Å². The average Bonchev–Trinajstić information content (AvgIpc) is 2.89. The number of hydrogen-bond donors (Lipinski definition) is 0. The quantitative estimate of drug-likeness (QED) is 0.442. The first kappa shape index (κ1) is 19.8. The first-order valence-corrected chi connectivity index (χ1v) is 10.8. The predicted octanol–water partition coefficient (Wildman–Crippen LogP) is 8.05. The van der Waals surface area contributed by atoms with Gasteiger partial charge in [-0.05, 0) is 72.7 Å². The van der Waals surface area contributed by atoms with Crippen LogP contribution in [0.3, 0.4) is 0 Å². The molecule has 3 aromatic carbocycles. The molecule has 0 spiro atoms. The van der Waals surface area contributed by atoms with E-state index in [2.05, 4.69) is 120 Å². The van der Waals surface area contributed by atoms with Crippen LogP contribution in [-0.2, 0) is 5.41 Å². The van der Waals surface area contributed by atoms with Crippen LogP contribution in [0.1, 0.15) is 71.1 Å². The molecular weight excluding hydrogens is 350 g/mol. The van der Waals surface area contributed by atoms with Gasteiger partial charge in [-0.3, -0.25) is 0 Å². The minimum Gasteiger partial charge on any atom is -0.336 e. The molecule has 150 valence electrons. The van der Waals surface area contributed by atoms with Gasteiger partial charge in [-0.1, -0.05) is 76.2 Å². The largest absolute Gasteiger partial charge is 0.336 e. The Morgan fingerprint density at radius 3 is 2.00 bits per heavy atom. The first-order valence-electron chi connectivity index (χ1n) is 10.8. The van der Waals surface area contributed by atoms with Crippen molar-refractivity contribution in [2.75, 3.05) is 4.90 Å². The molecule has 0 amide bonds. The Morgan fingerprint density at radius 2 is 1.38 bits per heavy atom. The van der Waals surface area contributed by atoms with Gasteiger partial charge in [-0.15, -0.1) is 0 Å². The van der Waals surface area contributed by atoms with Crippen molar-refractivity contribution in [1.29, 1.82) is 0 Å². The average molecular weight is 384 g/mol. The highest BCUT2D eigenvalue weighted by Gasteiger charge is 2.40. The smallest absolute Gasteiger partial charge is 0.0454 e. The number of rotatable bonds is 3. The molecule has 0 aliphatic heterocycles. The summed E-state index contributed by atoms with van der Waals surface area (Å²) in [5.74, 6) is 0.432. The van der Waals surface area contributed by atoms with E-state index in [-0.39, 0.29) is 11.0 Å². The molecule has 1 aliphatic rings. The molecule has 1 nitrogen and oxygen atoms in total. The van der Waals surface area contributed by atoms with E-state index < -0.39 is 0 Å². The van der Waals surface area contributed by atoms with Crippen LogP contribution in [-0.4, -0.2) is 5.54 Å². The Labute approximate surface area is 176 Å². The predicted molar refractivity (Wildman–Crippen MR) is 126 cm³/mol. The summed E-state index contributed by atoms with van der Waals surface area (Å²) in [6.45, 7) is 16.4. The minimum absolute atomic E-state index is 0.00177. The fourth-order valence-corrected chi connectivity index (χ4v) is 5.15. The summed E-state index contributed by atoms with van der Waals surface area (Å²) in [5, 5.41) is 0. The van der Waals surface area contributed by atoms with Gasteiger partial charge in [0.25, 0.3) is 0 Å². The van der Waals surface area contributed by atoms with E-state index in [1.54, 1.807) is 0 Å². The van der Waals surface area contributed by atoms with Crippen molar-refractivity contribution in [3.05, 3.63) is 83.4 Å². The monoisotopic (exact) mass is 383 g/mol. The van der Waals surface area contributed by atoms with Gasteiger partial charge in [0, 0.05) is 22.3 Å². The van der Waals surface area contributed by atoms with E-state index in [1.165, 1.54) is 39.2 Å². The van der Waals surface area contributed by atoms with Crippen molar-refractivity contribution in [2.24, 2.45) is 0 Å². The fraction of sp³-hybridized carbons (Fsp3) is 0.357. The second-order valence-corrected chi connectivity index (χ2v) is 10.1. The molecule has 0 atom stereocenters. The van der Waals surface area contributed by atoms with Gasteiger partial charge in [0.1, 0.15) is 0 Å². The Hall–Kier alpha value is -2.54. The zero-order chi connectivity index (χ0) is 21.0. The van der Waals surface area contributed by atoms with Crippen LogP contribution in [0.4, 0.5) is 11.4 Å². The fourth-order valence-electron chi connectivity index (χ4n) is 5.15. The summed E-state index contributed by atoms with van der Waals surface area (Å²) < 4.78 is 0. The molecule has 3 aromatic rings. The maximum atomic E-state index is 2.52. The molecule has 1 heteroatoms. The molecule has 0 bridgehead atoms. The Kier molecular flexibility index (Phi) is 4.61. The van der Waals surface area contributed by atoms with Gasteiger partial charge in [-0.2, -0.15) is 0 Å². The van der Waals surface area contributed by atoms with E-state index in [1.807, 2.05) is 0 Å². The van der Waals surface area contributed by atoms with E-state index in [0.29, 0.717) is 5.92 Å². The van der Waals surface area contributed by atoms with Crippen molar-refractivity contribution in [1.82, 2.24) is 0 Å². The number of benzene rings is 3. The second kappa shape index (κ2) is 6.76. The molecule has 29 heavy (non-hydrogen) atoms. The van der Waals surface area contributed by atoms with Crippen LogP contribution in [0.25, 0.3) is 11.1 Å². The lowest BCUT2D eigenvalue weighted by molar-refractivity contribution is 0.555. The van der Waals surface area contributed by atoms with Gasteiger partial charge < -0.3 is 4.90 Å². The third-order valence-electron chi connectivity index (χ3n) is 6.24. The lowest BCUT2D eigenvalue weighted by atomic mass is 9.77. The SMILES string of the molecule is CC(C)c1c(N(c2ccccc2)C(C)(C)C)ccc2c1C(C)(C)c1ccccc1-2. The molecule has 0 heterocycles. The molecule has 1 aliphatic carbocycles. The van der Waals surface area contributed by atoms with Crippen molar-refractivity contribution < 1.29 is 0 Å².